The van der Waals surface area contributed by atoms with Crippen LogP contribution in [0.1, 0.15) is 59.8 Å². The van der Waals surface area contributed by atoms with Crippen molar-refractivity contribution in [1.29, 1.82) is 0 Å². The molecule has 0 aliphatic rings. The molecule has 0 atom stereocenters. The Balaban J connectivity index is 3.21. The maximum absolute atomic E-state index is 11.4. The minimum absolute atomic E-state index is 0.248. The van der Waals surface area contributed by atoms with E-state index in [-0.39, 0.29) is 5.78 Å². The molecule has 0 saturated heterocycles. The van der Waals surface area contributed by atoms with Crippen molar-refractivity contribution in [3.05, 3.63) is 0 Å². The van der Waals surface area contributed by atoms with Crippen LogP contribution < -0.4 is 0 Å². The van der Waals surface area contributed by atoms with Crippen LogP contribution in [0.4, 0.5) is 0 Å². The zero-order chi connectivity index (χ0) is 12.4. The number of rotatable bonds is 10. The van der Waals surface area contributed by atoms with E-state index in [1.165, 1.54) is 12.8 Å². The lowest BCUT2D eigenvalue weighted by Crippen LogP contribution is -2.10. The Morgan fingerprint density at radius 2 is 1.62 bits per heavy atom. The lowest BCUT2D eigenvalue weighted by Gasteiger charge is -2.06. The molecule has 0 spiro atoms. The molecule has 0 aromatic heterocycles. The maximum Gasteiger partial charge on any atom is 0.158 e. The van der Waals surface area contributed by atoms with Crippen molar-refractivity contribution in [3.8, 4) is 0 Å². The number of Topliss-reactive ketones (excluding diaryl/α,β-unsaturated/α-hetero) is 1. The molecule has 0 fully saturated rings. The summed E-state index contributed by atoms with van der Waals surface area (Å²) in [7, 11) is 0. The van der Waals surface area contributed by atoms with Crippen LogP contribution in [0, 0.1) is 11.8 Å². The standard InChI is InChI=1S/C14H28O2/c1-12(2)7-5-6-10-16-11-14(15)9-8-13(3)4/h12-13H,5-11H2,1-4H3. The predicted molar refractivity (Wildman–Crippen MR) is 68.6 cm³/mol. The Kier molecular flexibility index (Phi) is 9.60. The van der Waals surface area contributed by atoms with E-state index in [1.807, 2.05) is 0 Å². The molecule has 0 radical (unpaired) electrons. The van der Waals surface area contributed by atoms with E-state index in [0.717, 1.165) is 25.4 Å². The molecule has 0 amide bonds. The van der Waals surface area contributed by atoms with Gasteiger partial charge in [0.05, 0.1) is 0 Å². The molecule has 0 unspecified atom stereocenters. The third-order valence-corrected chi connectivity index (χ3v) is 2.58. The molecule has 0 bridgehead atoms. The molecular formula is C14H28O2. The van der Waals surface area contributed by atoms with Gasteiger partial charge in [-0.2, -0.15) is 0 Å². The highest BCUT2D eigenvalue weighted by molar-refractivity contribution is 5.79. The van der Waals surface area contributed by atoms with Gasteiger partial charge in [0.1, 0.15) is 6.61 Å². The van der Waals surface area contributed by atoms with Crippen molar-refractivity contribution in [3.63, 3.8) is 0 Å². The molecule has 0 aromatic carbocycles. The van der Waals surface area contributed by atoms with Crippen LogP contribution in [0.3, 0.4) is 0 Å². The van der Waals surface area contributed by atoms with E-state index in [4.69, 9.17) is 4.74 Å². The van der Waals surface area contributed by atoms with Gasteiger partial charge in [-0.05, 0) is 24.7 Å². The molecule has 0 N–H and O–H groups in total. The Bertz CT molecular complexity index is 174. The molecule has 0 aliphatic heterocycles. The van der Waals surface area contributed by atoms with Crippen molar-refractivity contribution in [1.82, 2.24) is 0 Å². The summed E-state index contributed by atoms with van der Waals surface area (Å²) in [5, 5.41) is 0. The summed E-state index contributed by atoms with van der Waals surface area (Å²) in [6.45, 7) is 9.79. The van der Waals surface area contributed by atoms with Gasteiger partial charge in [-0.3, -0.25) is 4.79 Å². The monoisotopic (exact) mass is 228 g/mol. The molecule has 16 heavy (non-hydrogen) atoms. The fraction of sp³-hybridized carbons (Fsp3) is 0.929. The van der Waals surface area contributed by atoms with Crippen molar-refractivity contribution < 1.29 is 9.53 Å². The fourth-order valence-corrected chi connectivity index (χ4v) is 1.46. The maximum atomic E-state index is 11.4. The Labute approximate surface area is 101 Å². The Morgan fingerprint density at radius 1 is 1.00 bits per heavy atom. The Hall–Kier alpha value is -0.370. The number of ketones is 1. The average molecular weight is 228 g/mol. The molecule has 2 nitrogen and oxygen atoms in total. The molecule has 0 saturated carbocycles. The topological polar surface area (TPSA) is 26.3 Å². The van der Waals surface area contributed by atoms with Crippen LogP contribution in [0.15, 0.2) is 0 Å². The van der Waals surface area contributed by atoms with Crippen LogP contribution in [0.2, 0.25) is 0 Å². The quantitative estimate of drug-likeness (QED) is 0.531. The van der Waals surface area contributed by atoms with Gasteiger partial charge in [-0.1, -0.05) is 40.5 Å². The number of hydrogen-bond acceptors (Lipinski definition) is 2. The summed E-state index contributed by atoms with van der Waals surface area (Å²) in [4.78, 5) is 11.4. The summed E-state index contributed by atoms with van der Waals surface area (Å²) in [6, 6.07) is 0. The number of ether oxygens (including phenoxy) is 1. The molecule has 96 valence electrons. The van der Waals surface area contributed by atoms with Gasteiger partial charge in [-0.25, -0.2) is 0 Å². The number of hydrogen-bond donors (Lipinski definition) is 0. The number of unbranched alkanes of at least 4 members (excludes halogenated alkanes) is 1. The minimum atomic E-state index is 0.248. The second kappa shape index (κ2) is 9.83. The highest BCUT2D eigenvalue weighted by Gasteiger charge is 2.03. The van der Waals surface area contributed by atoms with Gasteiger partial charge < -0.3 is 4.74 Å². The van der Waals surface area contributed by atoms with Crippen molar-refractivity contribution in [2.45, 2.75) is 59.8 Å². The van der Waals surface area contributed by atoms with E-state index in [2.05, 4.69) is 27.7 Å². The first-order chi connectivity index (χ1) is 7.52. The normalized spacial score (nSPS) is 11.4. The molecule has 0 rings (SSSR count). The largest absolute Gasteiger partial charge is 0.374 e. The fourth-order valence-electron chi connectivity index (χ4n) is 1.46. The second-order valence-electron chi connectivity index (χ2n) is 5.41. The average Bonchev–Trinajstić information content (AvgIpc) is 2.19. The van der Waals surface area contributed by atoms with Gasteiger partial charge in [0.25, 0.3) is 0 Å². The molecule has 0 aromatic rings. The first-order valence-corrected chi connectivity index (χ1v) is 6.61. The number of carbonyl (C=O) groups excluding carboxylic acids is 1. The molecule has 2 heteroatoms. The van der Waals surface area contributed by atoms with Crippen molar-refractivity contribution >= 4 is 5.78 Å². The van der Waals surface area contributed by atoms with E-state index < -0.39 is 0 Å². The minimum Gasteiger partial charge on any atom is -0.374 e. The third kappa shape index (κ3) is 11.7. The van der Waals surface area contributed by atoms with Crippen molar-refractivity contribution in [2.24, 2.45) is 11.8 Å². The molecule has 0 heterocycles. The Morgan fingerprint density at radius 3 is 2.19 bits per heavy atom. The van der Waals surface area contributed by atoms with Gasteiger partial charge in [0.2, 0.25) is 0 Å². The summed E-state index contributed by atoms with van der Waals surface area (Å²) in [6.07, 6.45) is 5.19. The van der Waals surface area contributed by atoms with Crippen molar-refractivity contribution in [2.75, 3.05) is 13.2 Å². The molecule has 0 aliphatic carbocycles. The lowest BCUT2D eigenvalue weighted by molar-refractivity contribution is -0.123. The van der Waals surface area contributed by atoms with Gasteiger partial charge in [0, 0.05) is 13.0 Å². The smallest absolute Gasteiger partial charge is 0.158 e. The predicted octanol–water partition coefficient (Wildman–Crippen LogP) is 3.83. The highest BCUT2D eigenvalue weighted by Crippen LogP contribution is 2.06. The van der Waals surface area contributed by atoms with Gasteiger partial charge >= 0.3 is 0 Å². The van der Waals surface area contributed by atoms with Crippen LogP contribution in [-0.4, -0.2) is 19.0 Å². The summed E-state index contributed by atoms with van der Waals surface area (Å²) in [5.41, 5.74) is 0. The van der Waals surface area contributed by atoms with Crippen LogP contribution in [-0.2, 0) is 9.53 Å². The SMILES string of the molecule is CC(C)CCCCOCC(=O)CCC(C)C. The first kappa shape index (κ1) is 15.6. The third-order valence-electron chi connectivity index (χ3n) is 2.58. The first-order valence-electron chi connectivity index (χ1n) is 6.61. The lowest BCUT2D eigenvalue weighted by atomic mass is 10.1. The highest BCUT2D eigenvalue weighted by atomic mass is 16.5. The van der Waals surface area contributed by atoms with E-state index in [0.29, 0.717) is 18.9 Å². The summed E-state index contributed by atoms with van der Waals surface area (Å²) in [5.74, 6) is 1.63. The van der Waals surface area contributed by atoms with Crippen LogP contribution >= 0.6 is 0 Å². The zero-order valence-electron chi connectivity index (χ0n) is 11.4. The van der Waals surface area contributed by atoms with Gasteiger partial charge in [0.15, 0.2) is 5.78 Å². The number of carbonyl (C=O) groups is 1. The van der Waals surface area contributed by atoms with E-state index in [9.17, 15) is 4.79 Å². The van der Waals surface area contributed by atoms with E-state index in [1.54, 1.807) is 0 Å². The molecular weight excluding hydrogens is 200 g/mol. The van der Waals surface area contributed by atoms with Crippen LogP contribution in [0.25, 0.3) is 0 Å². The zero-order valence-corrected chi connectivity index (χ0v) is 11.4. The summed E-state index contributed by atoms with van der Waals surface area (Å²) >= 11 is 0. The van der Waals surface area contributed by atoms with E-state index >= 15 is 0 Å². The second-order valence-corrected chi connectivity index (χ2v) is 5.41. The van der Waals surface area contributed by atoms with Crippen LogP contribution in [0.5, 0.6) is 0 Å². The summed E-state index contributed by atoms with van der Waals surface area (Å²) < 4.78 is 5.36. The van der Waals surface area contributed by atoms with Gasteiger partial charge in [-0.15, -0.1) is 0 Å².